The van der Waals surface area contributed by atoms with Crippen molar-refractivity contribution < 1.29 is 9.84 Å². The second kappa shape index (κ2) is 6.15. The van der Waals surface area contributed by atoms with Gasteiger partial charge in [-0.1, -0.05) is 31.4 Å². The van der Waals surface area contributed by atoms with Gasteiger partial charge in [0.25, 0.3) is 0 Å². The molecule has 0 bridgehead atoms. The minimum Gasteiger partial charge on any atom is -0.493 e. The van der Waals surface area contributed by atoms with Crippen molar-refractivity contribution in [1.29, 1.82) is 0 Å². The molecule has 1 aliphatic heterocycles. The highest BCUT2D eigenvalue weighted by Crippen LogP contribution is 2.35. The molecule has 0 radical (unpaired) electrons. The third-order valence-electron chi connectivity index (χ3n) is 4.83. The van der Waals surface area contributed by atoms with Gasteiger partial charge in [-0.3, -0.25) is 0 Å². The standard InChI is InChI=1S/C17H25NO2/c19-13-17(7-2-1-3-8-17)12-18-11-14-4-5-16-15(10-14)6-9-20-16/h4-5,10,18-19H,1-3,6-9,11-13H2. The largest absolute Gasteiger partial charge is 0.493 e. The van der Waals surface area contributed by atoms with Crippen LogP contribution in [-0.4, -0.2) is 24.9 Å². The number of ether oxygens (including phenoxy) is 1. The molecule has 1 aromatic carbocycles. The molecular formula is C17H25NO2. The summed E-state index contributed by atoms with van der Waals surface area (Å²) in [5.74, 6) is 1.05. The first-order chi connectivity index (χ1) is 9.81. The summed E-state index contributed by atoms with van der Waals surface area (Å²) in [4.78, 5) is 0. The summed E-state index contributed by atoms with van der Waals surface area (Å²) >= 11 is 0. The Morgan fingerprint density at radius 1 is 1.20 bits per heavy atom. The molecule has 0 unspecified atom stereocenters. The molecule has 110 valence electrons. The van der Waals surface area contributed by atoms with Crippen molar-refractivity contribution in [2.75, 3.05) is 19.8 Å². The predicted octanol–water partition coefficient (Wildman–Crippen LogP) is 2.65. The zero-order valence-electron chi connectivity index (χ0n) is 12.2. The molecule has 1 aliphatic carbocycles. The summed E-state index contributed by atoms with van der Waals surface area (Å²) in [5, 5.41) is 13.3. The zero-order chi connectivity index (χ0) is 13.8. The summed E-state index contributed by atoms with van der Waals surface area (Å²) in [5.41, 5.74) is 2.77. The SMILES string of the molecule is OCC1(CNCc2ccc3c(c2)CCO3)CCCCC1. The number of fused-ring (bicyclic) bond motifs is 1. The van der Waals surface area contributed by atoms with Crippen LogP contribution in [-0.2, 0) is 13.0 Å². The molecule has 0 amide bonds. The van der Waals surface area contributed by atoms with Crippen molar-refractivity contribution in [1.82, 2.24) is 5.32 Å². The third-order valence-corrected chi connectivity index (χ3v) is 4.83. The maximum atomic E-state index is 9.71. The smallest absolute Gasteiger partial charge is 0.122 e. The fraction of sp³-hybridized carbons (Fsp3) is 0.647. The first-order valence-electron chi connectivity index (χ1n) is 7.88. The summed E-state index contributed by atoms with van der Waals surface area (Å²) in [6.45, 7) is 2.95. The maximum absolute atomic E-state index is 9.71. The van der Waals surface area contributed by atoms with Gasteiger partial charge in [0, 0.05) is 31.5 Å². The molecular weight excluding hydrogens is 250 g/mol. The average Bonchev–Trinajstić information content (AvgIpc) is 2.96. The highest BCUT2D eigenvalue weighted by Gasteiger charge is 2.30. The number of hydrogen-bond acceptors (Lipinski definition) is 3. The molecule has 0 saturated heterocycles. The van der Waals surface area contributed by atoms with Crippen molar-refractivity contribution in [3.8, 4) is 5.75 Å². The Bertz CT molecular complexity index is 452. The lowest BCUT2D eigenvalue weighted by molar-refractivity contribution is 0.0810. The van der Waals surface area contributed by atoms with Crippen LogP contribution in [0.5, 0.6) is 5.75 Å². The van der Waals surface area contributed by atoms with E-state index in [0.29, 0.717) is 6.61 Å². The highest BCUT2D eigenvalue weighted by atomic mass is 16.5. The van der Waals surface area contributed by atoms with Crippen molar-refractivity contribution in [3.63, 3.8) is 0 Å². The summed E-state index contributed by atoms with van der Waals surface area (Å²) in [7, 11) is 0. The van der Waals surface area contributed by atoms with Crippen LogP contribution in [0.1, 0.15) is 43.2 Å². The molecule has 0 aromatic heterocycles. The van der Waals surface area contributed by atoms with Crippen LogP contribution in [0.4, 0.5) is 0 Å². The van der Waals surface area contributed by atoms with Crippen LogP contribution >= 0.6 is 0 Å². The van der Waals surface area contributed by atoms with E-state index < -0.39 is 0 Å². The fourth-order valence-corrected chi connectivity index (χ4v) is 3.51. The molecule has 3 heteroatoms. The van der Waals surface area contributed by atoms with Crippen molar-refractivity contribution in [2.45, 2.75) is 45.1 Å². The van der Waals surface area contributed by atoms with Gasteiger partial charge in [0.05, 0.1) is 6.61 Å². The summed E-state index contributed by atoms with van der Waals surface area (Å²) in [6, 6.07) is 6.48. The molecule has 2 N–H and O–H groups in total. The normalized spacial score (nSPS) is 20.4. The third kappa shape index (κ3) is 2.99. The lowest BCUT2D eigenvalue weighted by Crippen LogP contribution is -2.38. The van der Waals surface area contributed by atoms with Crippen LogP contribution in [0.15, 0.2) is 18.2 Å². The minimum atomic E-state index is 0.123. The van der Waals surface area contributed by atoms with Crippen molar-refractivity contribution in [3.05, 3.63) is 29.3 Å². The van der Waals surface area contributed by atoms with Crippen LogP contribution < -0.4 is 10.1 Å². The van der Waals surface area contributed by atoms with Gasteiger partial charge in [-0.05, 0) is 30.0 Å². The molecule has 1 saturated carbocycles. The summed E-state index contributed by atoms with van der Waals surface area (Å²) < 4.78 is 5.53. The van der Waals surface area contributed by atoms with E-state index in [9.17, 15) is 5.11 Å². The number of hydrogen-bond donors (Lipinski definition) is 2. The molecule has 0 spiro atoms. The molecule has 1 heterocycles. The van der Waals surface area contributed by atoms with Crippen LogP contribution in [0, 0.1) is 5.41 Å². The van der Waals surface area contributed by atoms with Gasteiger partial charge >= 0.3 is 0 Å². The Morgan fingerprint density at radius 3 is 2.85 bits per heavy atom. The highest BCUT2D eigenvalue weighted by molar-refractivity contribution is 5.39. The Balaban J connectivity index is 1.54. The van der Waals surface area contributed by atoms with Crippen molar-refractivity contribution in [2.24, 2.45) is 5.41 Å². The molecule has 3 rings (SSSR count). The lowest BCUT2D eigenvalue weighted by Gasteiger charge is -2.35. The van der Waals surface area contributed by atoms with E-state index in [1.807, 2.05) is 0 Å². The van der Waals surface area contributed by atoms with Crippen LogP contribution in [0.25, 0.3) is 0 Å². The van der Waals surface area contributed by atoms with E-state index in [4.69, 9.17) is 4.74 Å². The maximum Gasteiger partial charge on any atom is 0.122 e. The van der Waals surface area contributed by atoms with Gasteiger partial charge in [0.15, 0.2) is 0 Å². The van der Waals surface area contributed by atoms with E-state index in [1.54, 1.807) is 0 Å². The molecule has 0 atom stereocenters. The van der Waals surface area contributed by atoms with Crippen LogP contribution in [0.2, 0.25) is 0 Å². The van der Waals surface area contributed by atoms with Gasteiger partial charge in [-0.2, -0.15) is 0 Å². The molecule has 1 fully saturated rings. The number of aliphatic hydroxyl groups excluding tert-OH is 1. The second-order valence-electron chi connectivity index (χ2n) is 6.36. The Hall–Kier alpha value is -1.06. The van der Waals surface area contributed by atoms with Crippen molar-refractivity contribution >= 4 is 0 Å². The number of rotatable bonds is 5. The summed E-state index contributed by atoms with van der Waals surface area (Å²) in [6.07, 6.45) is 7.20. The second-order valence-corrected chi connectivity index (χ2v) is 6.36. The molecule has 2 aliphatic rings. The van der Waals surface area contributed by atoms with E-state index in [1.165, 1.54) is 30.4 Å². The van der Waals surface area contributed by atoms with Gasteiger partial charge in [-0.25, -0.2) is 0 Å². The number of nitrogens with one attached hydrogen (secondary N) is 1. The van der Waals surface area contributed by atoms with Gasteiger partial charge < -0.3 is 15.2 Å². The predicted molar refractivity (Wildman–Crippen MR) is 80.0 cm³/mol. The van der Waals surface area contributed by atoms with E-state index >= 15 is 0 Å². The topological polar surface area (TPSA) is 41.5 Å². The van der Waals surface area contributed by atoms with E-state index in [-0.39, 0.29) is 5.41 Å². The Kier molecular flexibility index (Phi) is 4.27. The van der Waals surface area contributed by atoms with Gasteiger partial charge in [-0.15, -0.1) is 0 Å². The Morgan fingerprint density at radius 2 is 2.05 bits per heavy atom. The van der Waals surface area contributed by atoms with E-state index in [2.05, 4.69) is 23.5 Å². The first-order valence-corrected chi connectivity index (χ1v) is 7.88. The average molecular weight is 275 g/mol. The molecule has 20 heavy (non-hydrogen) atoms. The minimum absolute atomic E-state index is 0.123. The zero-order valence-corrected chi connectivity index (χ0v) is 12.2. The van der Waals surface area contributed by atoms with Gasteiger partial charge in [0.2, 0.25) is 0 Å². The Labute approximate surface area is 121 Å². The molecule has 1 aromatic rings. The molecule has 3 nitrogen and oxygen atoms in total. The number of aliphatic hydroxyl groups is 1. The van der Waals surface area contributed by atoms with Crippen LogP contribution in [0.3, 0.4) is 0 Å². The van der Waals surface area contributed by atoms with Gasteiger partial charge in [0.1, 0.15) is 5.75 Å². The number of benzene rings is 1. The monoisotopic (exact) mass is 275 g/mol. The quantitative estimate of drug-likeness (QED) is 0.868. The van der Waals surface area contributed by atoms with E-state index in [0.717, 1.165) is 44.7 Å². The lowest BCUT2D eigenvalue weighted by atomic mass is 9.74. The first kappa shape index (κ1) is 13.9. The fourth-order valence-electron chi connectivity index (χ4n) is 3.51.